The fraction of sp³-hybridized carbons (Fsp3) is 0.455. The van der Waals surface area contributed by atoms with Crippen molar-refractivity contribution in [3.63, 3.8) is 0 Å². The van der Waals surface area contributed by atoms with Crippen molar-refractivity contribution in [1.29, 1.82) is 0 Å². The van der Waals surface area contributed by atoms with Crippen LogP contribution in [-0.4, -0.2) is 28.9 Å². The summed E-state index contributed by atoms with van der Waals surface area (Å²) in [4.78, 5) is 17.6. The van der Waals surface area contributed by atoms with Crippen LogP contribution in [0, 0.1) is 0 Å². The molecule has 82 valence electrons. The van der Waals surface area contributed by atoms with E-state index < -0.39 is 0 Å². The summed E-state index contributed by atoms with van der Waals surface area (Å²) in [5, 5.41) is 0. The van der Waals surface area contributed by atoms with E-state index in [1.54, 1.807) is 23.2 Å². The zero-order valence-corrected chi connectivity index (χ0v) is 9.23. The number of hydrogen-bond acceptors (Lipinski definition) is 3. The molecular formula is C11H17N3O. The van der Waals surface area contributed by atoms with Crippen LogP contribution in [0.2, 0.25) is 0 Å². The van der Waals surface area contributed by atoms with Crippen LogP contribution in [0.4, 0.5) is 5.82 Å². The molecule has 0 fully saturated rings. The topological polar surface area (TPSA) is 59.2 Å². The average molecular weight is 207 g/mol. The van der Waals surface area contributed by atoms with E-state index in [0.29, 0.717) is 11.4 Å². The van der Waals surface area contributed by atoms with Gasteiger partial charge >= 0.3 is 0 Å². The number of carbonyl (C=O) groups excluding carboxylic acids is 1. The first-order valence-corrected chi connectivity index (χ1v) is 5.19. The van der Waals surface area contributed by atoms with Crippen molar-refractivity contribution in [2.45, 2.75) is 20.3 Å². The van der Waals surface area contributed by atoms with Crippen molar-refractivity contribution >= 4 is 11.7 Å². The molecule has 0 radical (unpaired) electrons. The van der Waals surface area contributed by atoms with Crippen LogP contribution in [0.5, 0.6) is 0 Å². The van der Waals surface area contributed by atoms with Crippen LogP contribution < -0.4 is 5.73 Å². The van der Waals surface area contributed by atoms with E-state index in [0.717, 1.165) is 19.5 Å². The Labute approximate surface area is 90.1 Å². The largest absolute Gasteiger partial charge is 0.384 e. The molecule has 0 unspecified atom stereocenters. The van der Waals surface area contributed by atoms with Gasteiger partial charge in [-0.05, 0) is 25.5 Å². The minimum atomic E-state index is 0.0217. The lowest BCUT2D eigenvalue weighted by molar-refractivity contribution is 0.0764. The maximum absolute atomic E-state index is 12.0. The van der Waals surface area contributed by atoms with Gasteiger partial charge in [0, 0.05) is 24.8 Å². The van der Waals surface area contributed by atoms with E-state index in [1.165, 1.54) is 0 Å². The lowest BCUT2D eigenvalue weighted by Crippen LogP contribution is -2.31. The predicted molar refractivity (Wildman–Crippen MR) is 60.5 cm³/mol. The van der Waals surface area contributed by atoms with Crippen molar-refractivity contribution in [3.8, 4) is 0 Å². The minimum Gasteiger partial charge on any atom is -0.384 e. The second kappa shape index (κ2) is 5.34. The molecule has 0 aliphatic rings. The first-order valence-electron chi connectivity index (χ1n) is 5.19. The van der Waals surface area contributed by atoms with E-state index in [9.17, 15) is 4.79 Å². The highest BCUT2D eigenvalue weighted by Crippen LogP contribution is 2.07. The molecule has 1 aromatic rings. The molecule has 0 aromatic carbocycles. The number of nitrogen functional groups attached to an aromatic ring is 1. The third kappa shape index (κ3) is 2.94. The highest BCUT2D eigenvalue weighted by atomic mass is 16.2. The zero-order valence-electron chi connectivity index (χ0n) is 9.23. The Morgan fingerprint density at radius 3 is 2.80 bits per heavy atom. The molecule has 0 bridgehead atoms. The fourth-order valence-corrected chi connectivity index (χ4v) is 1.44. The van der Waals surface area contributed by atoms with Crippen molar-refractivity contribution in [3.05, 3.63) is 23.9 Å². The first-order chi connectivity index (χ1) is 7.19. The van der Waals surface area contributed by atoms with Gasteiger partial charge in [-0.2, -0.15) is 0 Å². The Hall–Kier alpha value is -1.58. The van der Waals surface area contributed by atoms with Crippen molar-refractivity contribution < 1.29 is 4.79 Å². The number of anilines is 1. The quantitative estimate of drug-likeness (QED) is 0.814. The summed E-state index contributed by atoms with van der Waals surface area (Å²) in [5.74, 6) is 0.404. The lowest BCUT2D eigenvalue weighted by atomic mass is 10.2. The van der Waals surface area contributed by atoms with Gasteiger partial charge in [-0.25, -0.2) is 4.98 Å². The van der Waals surface area contributed by atoms with Crippen molar-refractivity contribution in [2.24, 2.45) is 0 Å². The second-order valence-corrected chi connectivity index (χ2v) is 3.35. The molecule has 1 aromatic heterocycles. The number of hydrogen-bond donors (Lipinski definition) is 1. The monoisotopic (exact) mass is 207 g/mol. The summed E-state index contributed by atoms with van der Waals surface area (Å²) in [6, 6.07) is 3.30. The Kier molecular flexibility index (Phi) is 4.09. The fourth-order valence-electron chi connectivity index (χ4n) is 1.44. The van der Waals surface area contributed by atoms with Gasteiger partial charge in [0.05, 0.1) is 0 Å². The van der Waals surface area contributed by atoms with E-state index >= 15 is 0 Å². The highest BCUT2D eigenvalue weighted by Gasteiger charge is 2.13. The van der Waals surface area contributed by atoms with Crippen LogP contribution in [0.25, 0.3) is 0 Å². The van der Waals surface area contributed by atoms with Crippen LogP contribution in [0.15, 0.2) is 18.3 Å². The summed E-state index contributed by atoms with van der Waals surface area (Å²) in [6.45, 7) is 5.52. The number of aromatic nitrogens is 1. The van der Waals surface area contributed by atoms with E-state index in [4.69, 9.17) is 5.73 Å². The molecule has 1 heterocycles. The van der Waals surface area contributed by atoms with Crippen LogP contribution in [0.3, 0.4) is 0 Å². The molecule has 0 spiro atoms. The summed E-state index contributed by atoms with van der Waals surface area (Å²) >= 11 is 0. The Morgan fingerprint density at radius 1 is 1.53 bits per heavy atom. The Balaban J connectivity index is 2.82. The number of nitrogens with zero attached hydrogens (tertiary/aromatic N) is 2. The summed E-state index contributed by atoms with van der Waals surface area (Å²) < 4.78 is 0. The first kappa shape index (κ1) is 11.5. The zero-order chi connectivity index (χ0) is 11.3. The molecular weight excluding hydrogens is 190 g/mol. The van der Waals surface area contributed by atoms with Gasteiger partial charge in [-0.1, -0.05) is 6.92 Å². The standard InChI is InChI=1S/C11H17N3O/c1-3-7-14(4-2)11(15)9-5-6-13-10(12)8-9/h5-6,8H,3-4,7H2,1-2H3,(H2,12,13). The maximum atomic E-state index is 12.0. The number of rotatable bonds is 4. The molecule has 15 heavy (non-hydrogen) atoms. The molecule has 0 aliphatic heterocycles. The van der Waals surface area contributed by atoms with Gasteiger partial charge in [0.2, 0.25) is 0 Å². The third-order valence-corrected chi connectivity index (χ3v) is 2.19. The van der Waals surface area contributed by atoms with Gasteiger partial charge in [0.25, 0.3) is 5.91 Å². The molecule has 1 amide bonds. The minimum absolute atomic E-state index is 0.0217. The summed E-state index contributed by atoms with van der Waals surface area (Å²) in [7, 11) is 0. The smallest absolute Gasteiger partial charge is 0.254 e. The predicted octanol–water partition coefficient (Wildman–Crippen LogP) is 1.54. The SMILES string of the molecule is CCCN(CC)C(=O)c1ccnc(N)c1. The van der Waals surface area contributed by atoms with Crippen LogP contribution in [-0.2, 0) is 0 Å². The van der Waals surface area contributed by atoms with E-state index in [2.05, 4.69) is 11.9 Å². The third-order valence-electron chi connectivity index (χ3n) is 2.19. The van der Waals surface area contributed by atoms with Gasteiger partial charge in [0.1, 0.15) is 5.82 Å². The van der Waals surface area contributed by atoms with Crippen molar-refractivity contribution in [1.82, 2.24) is 9.88 Å². The average Bonchev–Trinajstić information content (AvgIpc) is 2.25. The van der Waals surface area contributed by atoms with Crippen molar-refractivity contribution in [2.75, 3.05) is 18.8 Å². The highest BCUT2D eigenvalue weighted by molar-refractivity contribution is 5.94. The van der Waals surface area contributed by atoms with Gasteiger partial charge < -0.3 is 10.6 Å². The molecule has 0 aliphatic carbocycles. The molecule has 4 heteroatoms. The lowest BCUT2D eigenvalue weighted by Gasteiger charge is -2.19. The summed E-state index contributed by atoms with van der Waals surface area (Å²) in [6.07, 6.45) is 2.52. The van der Waals surface area contributed by atoms with Crippen LogP contribution in [0.1, 0.15) is 30.6 Å². The van der Waals surface area contributed by atoms with Gasteiger partial charge in [0.15, 0.2) is 0 Å². The van der Waals surface area contributed by atoms with Gasteiger partial charge in [-0.3, -0.25) is 4.79 Å². The molecule has 0 atom stereocenters. The number of carbonyl (C=O) groups is 1. The van der Waals surface area contributed by atoms with E-state index in [-0.39, 0.29) is 5.91 Å². The molecule has 1 rings (SSSR count). The summed E-state index contributed by atoms with van der Waals surface area (Å²) in [5.41, 5.74) is 6.14. The molecule has 0 saturated carbocycles. The molecule has 2 N–H and O–H groups in total. The Bertz CT molecular complexity index is 338. The Morgan fingerprint density at radius 2 is 2.27 bits per heavy atom. The van der Waals surface area contributed by atoms with E-state index in [1.807, 2.05) is 6.92 Å². The number of nitrogens with two attached hydrogens (primary N) is 1. The molecule has 4 nitrogen and oxygen atoms in total. The van der Waals surface area contributed by atoms with Gasteiger partial charge in [-0.15, -0.1) is 0 Å². The maximum Gasteiger partial charge on any atom is 0.254 e. The van der Waals surface area contributed by atoms with Crippen LogP contribution >= 0.6 is 0 Å². The number of amides is 1. The molecule has 0 saturated heterocycles. The number of pyridine rings is 1. The normalized spacial score (nSPS) is 10.0. The second-order valence-electron chi connectivity index (χ2n) is 3.35.